The average molecular weight is 276 g/mol. The summed E-state index contributed by atoms with van der Waals surface area (Å²) in [4.78, 5) is 15.9. The largest absolute Gasteiger partial charge is 0.478 e. The minimum absolute atomic E-state index is 0.112. The van der Waals surface area contributed by atoms with Crippen LogP contribution in [-0.4, -0.2) is 42.4 Å². The van der Waals surface area contributed by atoms with Gasteiger partial charge in [-0.25, -0.2) is 9.78 Å². The Morgan fingerprint density at radius 2 is 1.95 bits per heavy atom. The van der Waals surface area contributed by atoms with E-state index in [4.69, 9.17) is 9.84 Å². The molecule has 0 atom stereocenters. The molecular weight excluding hydrogens is 265 g/mol. The first-order chi connectivity index (χ1) is 8.89. The fraction of sp³-hybridized carbons (Fsp3) is 0.455. The van der Waals surface area contributed by atoms with Gasteiger partial charge in [0, 0.05) is 13.1 Å². The number of rotatable bonds is 2. The minimum atomic E-state index is -4.80. The zero-order chi connectivity index (χ0) is 14.0. The summed E-state index contributed by atoms with van der Waals surface area (Å²) < 4.78 is 43.5. The Bertz CT molecular complexity index is 485. The third-order valence-electron chi connectivity index (χ3n) is 2.71. The smallest absolute Gasteiger partial charge is 0.434 e. The number of carboxylic acids is 1. The molecule has 2 rings (SSSR count). The summed E-state index contributed by atoms with van der Waals surface area (Å²) in [6.07, 6.45) is -4.80. The van der Waals surface area contributed by atoms with Crippen LogP contribution in [0.2, 0.25) is 0 Å². The molecule has 0 radical (unpaired) electrons. The highest BCUT2D eigenvalue weighted by atomic mass is 19.4. The molecule has 2 heterocycles. The second-order valence-corrected chi connectivity index (χ2v) is 3.97. The Hall–Kier alpha value is -1.83. The number of ether oxygens (including phenoxy) is 1. The molecule has 0 saturated carbocycles. The van der Waals surface area contributed by atoms with E-state index in [-0.39, 0.29) is 5.82 Å². The van der Waals surface area contributed by atoms with E-state index in [1.807, 2.05) is 0 Å². The van der Waals surface area contributed by atoms with E-state index in [2.05, 4.69) is 4.98 Å². The zero-order valence-corrected chi connectivity index (χ0v) is 9.78. The van der Waals surface area contributed by atoms with Crippen molar-refractivity contribution >= 4 is 11.8 Å². The Kier molecular flexibility index (Phi) is 3.61. The van der Waals surface area contributed by atoms with Crippen LogP contribution in [0.4, 0.5) is 19.0 Å². The maximum Gasteiger partial charge on any atom is 0.434 e. The lowest BCUT2D eigenvalue weighted by Crippen LogP contribution is -2.37. The van der Waals surface area contributed by atoms with Gasteiger partial charge >= 0.3 is 12.1 Å². The normalized spacial score (nSPS) is 16.5. The lowest BCUT2D eigenvalue weighted by atomic mass is 10.2. The number of hydrogen-bond acceptors (Lipinski definition) is 4. The van der Waals surface area contributed by atoms with Crippen molar-refractivity contribution in [3.8, 4) is 0 Å². The van der Waals surface area contributed by atoms with Gasteiger partial charge in [0.25, 0.3) is 0 Å². The van der Waals surface area contributed by atoms with E-state index in [1.165, 1.54) is 6.07 Å². The maximum atomic E-state index is 12.8. The molecule has 1 N–H and O–H groups in total. The summed E-state index contributed by atoms with van der Waals surface area (Å²) in [5, 5.41) is 8.76. The minimum Gasteiger partial charge on any atom is -0.478 e. The molecule has 0 spiro atoms. The lowest BCUT2D eigenvalue weighted by Gasteiger charge is -2.28. The van der Waals surface area contributed by atoms with Crippen molar-refractivity contribution in [1.29, 1.82) is 0 Å². The van der Waals surface area contributed by atoms with Gasteiger partial charge in [-0.15, -0.1) is 0 Å². The highest BCUT2D eigenvalue weighted by Crippen LogP contribution is 2.32. The molecule has 0 unspecified atom stereocenters. The van der Waals surface area contributed by atoms with E-state index in [0.29, 0.717) is 26.3 Å². The number of alkyl halides is 3. The molecule has 1 aliphatic heterocycles. The predicted octanol–water partition coefficient (Wildman–Crippen LogP) is 1.64. The van der Waals surface area contributed by atoms with Crippen LogP contribution in [0.3, 0.4) is 0 Å². The lowest BCUT2D eigenvalue weighted by molar-refractivity contribution is -0.141. The monoisotopic (exact) mass is 276 g/mol. The van der Waals surface area contributed by atoms with Crippen LogP contribution in [0.15, 0.2) is 12.1 Å². The van der Waals surface area contributed by atoms with Gasteiger partial charge in [-0.3, -0.25) is 0 Å². The number of anilines is 1. The molecule has 1 saturated heterocycles. The number of aromatic nitrogens is 1. The summed E-state index contributed by atoms with van der Waals surface area (Å²) in [6.45, 7) is 1.67. The number of nitrogens with zero attached hydrogens (tertiary/aromatic N) is 2. The van der Waals surface area contributed by atoms with Gasteiger partial charge < -0.3 is 14.7 Å². The van der Waals surface area contributed by atoms with Crippen LogP contribution < -0.4 is 4.90 Å². The van der Waals surface area contributed by atoms with Gasteiger partial charge in [-0.1, -0.05) is 0 Å². The van der Waals surface area contributed by atoms with E-state index >= 15 is 0 Å². The van der Waals surface area contributed by atoms with Crippen molar-refractivity contribution in [2.75, 3.05) is 31.2 Å². The Morgan fingerprint density at radius 1 is 1.32 bits per heavy atom. The summed E-state index contributed by atoms with van der Waals surface area (Å²) in [5.41, 5.74) is -2.21. The maximum absolute atomic E-state index is 12.8. The topological polar surface area (TPSA) is 62.7 Å². The van der Waals surface area contributed by atoms with Gasteiger partial charge in [0.2, 0.25) is 0 Å². The Balaban J connectivity index is 2.40. The van der Waals surface area contributed by atoms with Crippen molar-refractivity contribution in [3.05, 3.63) is 23.4 Å². The standard InChI is InChI=1S/C11H11F3N2O3/c12-11(13,14)9-7(10(17)18)1-2-8(15-9)16-3-5-19-6-4-16/h1-2H,3-6H2,(H,17,18). The highest BCUT2D eigenvalue weighted by molar-refractivity contribution is 5.89. The van der Waals surface area contributed by atoms with Crippen molar-refractivity contribution in [2.45, 2.75) is 6.18 Å². The fourth-order valence-corrected chi connectivity index (χ4v) is 1.81. The number of aromatic carboxylic acids is 1. The molecule has 0 amide bonds. The molecular formula is C11H11F3N2O3. The summed E-state index contributed by atoms with van der Waals surface area (Å²) in [7, 11) is 0. The second-order valence-electron chi connectivity index (χ2n) is 3.97. The van der Waals surface area contributed by atoms with Gasteiger partial charge in [-0.2, -0.15) is 13.2 Å². The average Bonchev–Trinajstić information content (AvgIpc) is 2.38. The van der Waals surface area contributed by atoms with Gasteiger partial charge in [0.05, 0.1) is 18.8 Å². The van der Waals surface area contributed by atoms with E-state index < -0.39 is 23.4 Å². The van der Waals surface area contributed by atoms with Crippen LogP contribution in [0.5, 0.6) is 0 Å². The third kappa shape index (κ3) is 2.95. The number of pyridine rings is 1. The predicted molar refractivity (Wildman–Crippen MR) is 59.2 cm³/mol. The van der Waals surface area contributed by atoms with E-state index in [0.717, 1.165) is 6.07 Å². The quantitative estimate of drug-likeness (QED) is 0.889. The molecule has 5 nitrogen and oxygen atoms in total. The summed E-state index contributed by atoms with van der Waals surface area (Å²) >= 11 is 0. The number of carboxylic acid groups (broad SMARTS) is 1. The SMILES string of the molecule is O=C(O)c1ccc(N2CCOCC2)nc1C(F)(F)F. The Morgan fingerprint density at radius 3 is 2.47 bits per heavy atom. The van der Waals surface area contributed by atoms with Crippen LogP contribution in [0.1, 0.15) is 16.1 Å². The van der Waals surface area contributed by atoms with Gasteiger partial charge in [0.15, 0.2) is 5.69 Å². The van der Waals surface area contributed by atoms with Crippen molar-refractivity contribution in [2.24, 2.45) is 0 Å². The zero-order valence-electron chi connectivity index (χ0n) is 9.78. The molecule has 0 bridgehead atoms. The number of carbonyl (C=O) groups is 1. The first-order valence-electron chi connectivity index (χ1n) is 5.54. The van der Waals surface area contributed by atoms with Crippen LogP contribution >= 0.6 is 0 Å². The Labute approximate surface area is 106 Å². The molecule has 1 aliphatic rings. The van der Waals surface area contributed by atoms with E-state index in [9.17, 15) is 18.0 Å². The number of hydrogen-bond donors (Lipinski definition) is 1. The van der Waals surface area contributed by atoms with E-state index in [1.54, 1.807) is 4.90 Å². The summed E-state index contributed by atoms with van der Waals surface area (Å²) in [6, 6.07) is 2.22. The molecule has 0 aliphatic carbocycles. The molecule has 104 valence electrons. The molecule has 1 fully saturated rings. The third-order valence-corrected chi connectivity index (χ3v) is 2.71. The first kappa shape index (κ1) is 13.6. The molecule has 1 aromatic rings. The second kappa shape index (κ2) is 5.04. The summed E-state index contributed by atoms with van der Waals surface area (Å²) in [5.74, 6) is -1.53. The van der Waals surface area contributed by atoms with Crippen molar-refractivity contribution in [1.82, 2.24) is 4.98 Å². The van der Waals surface area contributed by atoms with Crippen molar-refractivity contribution in [3.63, 3.8) is 0 Å². The van der Waals surface area contributed by atoms with Crippen LogP contribution in [-0.2, 0) is 10.9 Å². The molecule has 8 heteroatoms. The van der Waals surface area contributed by atoms with Crippen LogP contribution in [0.25, 0.3) is 0 Å². The number of halogens is 3. The fourth-order valence-electron chi connectivity index (χ4n) is 1.81. The number of morpholine rings is 1. The molecule has 1 aromatic heterocycles. The van der Waals surface area contributed by atoms with Crippen LogP contribution in [0, 0.1) is 0 Å². The molecule has 19 heavy (non-hydrogen) atoms. The van der Waals surface area contributed by atoms with Gasteiger partial charge in [0.1, 0.15) is 5.82 Å². The van der Waals surface area contributed by atoms with Gasteiger partial charge in [-0.05, 0) is 12.1 Å². The molecule has 0 aromatic carbocycles. The van der Waals surface area contributed by atoms with Crippen molar-refractivity contribution < 1.29 is 27.8 Å². The first-order valence-corrected chi connectivity index (χ1v) is 5.54. The highest BCUT2D eigenvalue weighted by Gasteiger charge is 2.38.